The summed E-state index contributed by atoms with van der Waals surface area (Å²) in [6, 6.07) is 0.305. The van der Waals surface area contributed by atoms with E-state index in [2.05, 4.69) is 33.0 Å². The molecule has 0 spiro atoms. The van der Waals surface area contributed by atoms with Crippen molar-refractivity contribution in [2.75, 3.05) is 6.54 Å². The lowest BCUT2D eigenvalue weighted by molar-refractivity contribution is -0.0707. The fourth-order valence-electron chi connectivity index (χ4n) is 2.25. The third-order valence-corrected chi connectivity index (χ3v) is 2.86. The summed E-state index contributed by atoms with van der Waals surface area (Å²) >= 11 is 0. The lowest BCUT2D eigenvalue weighted by Crippen LogP contribution is -2.48. The molecule has 3 heteroatoms. The fraction of sp³-hybridized carbons (Fsp3) is 1.00. The second kappa shape index (κ2) is 3.72. The smallest absolute Gasteiger partial charge is 0.0787 e. The second-order valence-electron chi connectivity index (χ2n) is 6.42. The van der Waals surface area contributed by atoms with Crippen molar-refractivity contribution in [3.8, 4) is 0 Å². The van der Waals surface area contributed by atoms with Gasteiger partial charge in [-0.05, 0) is 48.0 Å². The zero-order chi connectivity index (χ0) is 11.9. The van der Waals surface area contributed by atoms with Gasteiger partial charge in [0, 0.05) is 12.6 Å². The van der Waals surface area contributed by atoms with Crippen molar-refractivity contribution in [1.82, 2.24) is 5.32 Å². The minimum atomic E-state index is -0.664. The predicted molar refractivity (Wildman–Crippen MR) is 61.9 cm³/mol. The van der Waals surface area contributed by atoms with Gasteiger partial charge in [-0.15, -0.1) is 0 Å². The maximum absolute atomic E-state index is 9.67. The van der Waals surface area contributed by atoms with Gasteiger partial charge < -0.3 is 15.2 Å². The Labute approximate surface area is 93.2 Å². The molecule has 0 radical (unpaired) electrons. The van der Waals surface area contributed by atoms with Gasteiger partial charge in [0.2, 0.25) is 0 Å². The second-order valence-corrected chi connectivity index (χ2v) is 6.42. The van der Waals surface area contributed by atoms with E-state index < -0.39 is 5.60 Å². The lowest BCUT2D eigenvalue weighted by Gasteiger charge is -2.29. The zero-order valence-electron chi connectivity index (χ0n) is 10.8. The highest BCUT2D eigenvalue weighted by Gasteiger charge is 2.45. The normalized spacial score (nSPS) is 29.4. The van der Waals surface area contributed by atoms with Crippen molar-refractivity contribution in [2.24, 2.45) is 0 Å². The first-order valence-electron chi connectivity index (χ1n) is 5.68. The van der Waals surface area contributed by atoms with Crippen molar-refractivity contribution >= 4 is 0 Å². The molecule has 1 fully saturated rings. The Morgan fingerprint density at radius 2 is 1.87 bits per heavy atom. The van der Waals surface area contributed by atoms with Gasteiger partial charge in [-0.25, -0.2) is 0 Å². The summed E-state index contributed by atoms with van der Waals surface area (Å²) in [5.41, 5.74) is -0.891. The number of nitrogens with one attached hydrogen (secondary N) is 1. The zero-order valence-corrected chi connectivity index (χ0v) is 10.8. The van der Waals surface area contributed by atoms with Gasteiger partial charge in [-0.1, -0.05) is 0 Å². The molecule has 1 heterocycles. The Morgan fingerprint density at radius 3 is 2.20 bits per heavy atom. The van der Waals surface area contributed by atoms with Crippen LogP contribution in [0.4, 0.5) is 0 Å². The summed E-state index contributed by atoms with van der Waals surface area (Å²) in [5, 5.41) is 13.1. The average molecular weight is 215 g/mol. The van der Waals surface area contributed by atoms with Crippen LogP contribution < -0.4 is 5.32 Å². The first-order chi connectivity index (χ1) is 6.52. The highest BCUT2D eigenvalue weighted by atomic mass is 16.5. The van der Waals surface area contributed by atoms with Crippen LogP contribution in [0.15, 0.2) is 0 Å². The van der Waals surface area contributed by atoms with E-state index in [4.69, 9.17) is 4.74 Å². The fourth-order valence-corrected chi connectivity index (χ4v) is 2.25. The summed E-state index contributed by atoms with van der Waals surface area (Å²) in [7, 11) is 0. The monoisotopic (exact) mass is 215 g/mol. The summed E-state index contributed by atoms with van der Waals surface area (Å²) in [5.74, 6) is 0. The van der Waals surface area contributed by atoms with Gasteiger partial charge in [0.05, 0.1) is 16.8 Å². The molecule has 0 amide bonds. The molecule has 0 saturated carbocycles. The Balaban J connectivity index is 2.56. The predicted octanol–water partition coefficient (Wildman–Crippen LogP) is 1.69. The molecule has 90 valence electrons. The van der Waals surface area contributed by atoms with Gasteiger partial charge in [0.15, 0.2) is 0 Å². The van der Waals surface area contributed by atoms with E-state index >= 15 is 0 Å². The molecule has 0 aromatic carbocycles. The number of hydrogen-bond donors (Lipinski definition) is 2. The highest BCUT2D eigenvalue weighted by Crippen LogP contribution is 2.37. The average Bonchev–Trinajstić information content (AvgIpc) is 2.13. The molecule has 0 aromatic rings. The minimum Gasteiger partial charge on any atom is -0.389 e. The maximum atomic E-state index is 9.67. The molecule has 0 aliphatic carbocycles. The Kier molecular flexibility index (Phi) is 3.21. The summed E-state index contributed by atoms with van der Waals surface area (Å²) in [6.07, 6.45) is 0.982. The maximum Gasteiger partial charge on any atom is 0.0787 e. The third kappa shape index (κ3) is 3.74. The summed E-state index contributed by atoms with van der Waals surface area (Å²) < 4.78 is 5.97. The molecule has 0 bridgehead atoms. The van der Waals surface area contributed by atoms with Crippen LogP contribution in [0.25, 0.3) is 0 Å². The van der Waals surface area contributed by atoms with Crippen molar-refractivity contribution < 1.29 is 9.84 Å². The van der Waals surface area contributed by atoms with E-state index in [1.165, 1.54) is 0 Å². The highest BCUT2D eigenvalue weighted by molar-refractivity contribution is 4.99. The SMILES string of the molecule is CC(C)(O)CN[C@@H]1CC(C)(C)OC1(C)C. The van der Waals surface area contributed by atoms with Crippen LogP contribution in [0.1, 0.15) is 48.0 Å². The van der Waals surface area contributed by atoms with Crippen LogP contribution in [-0.4, -0.2) is 34.5 Å². The molecular weight excluding hydrogens is 190 g/mol. The van der Waals surface area contributed by atoms with E-state index in [0.717, 1.165) is 6.42 Å². The van der Waals surface area contributed by atoms with Crippen molar-refractivity contribution in [3.63, 3.8) is 0 Å². The van der Waals surface area contributed by atoms with Gasteiger partial charge in [0.25, 0.3) is 0 Å². The van der Waals surface area contributed by atoms with Crippen LogP contribution in [0.2, 0.25) is 0 Å². The molecule has 1 rings (SSSR count). The molecular formula is C12H25NO2. The molecule has 1 atom stereocenters. The van der Waals surface area contributed by atoms with E-state index in [0.29, 0.717) is 12.6 Å². The quantitative estimate of drug-likeness (QED) is 0.753. The van der Waals surface area contributed by atoms with Crippen LogP contribution in [-0.2, 0) is 4.74 Å². The van der Waals surface area contributed by atoms with Gasteiger partial charge in [-0.2, -0.15) is 0 Å². The van der Waals surface area contributed by atoms with E-state index in [1.807, 2.05) is 13.8 Å². The molecule has 2 N–H and O–H groups in total. The van der Waals surface area contributed by atoms with Gasteiger partial charge in [0.1, 0.15) is 0 Å². The van der Waals surface area contributed by atoms with Crippen molar-refractivity contribution in [3.05, 3.63) is 0 Å². The molecule has 3 nitrogen and oxygen atoms in total. The number of aliphatic hydroxyl groups is 1. The minimum absolute atomic E-state index is 0.0687. The lowest BCUT2D eigenvalue weighted by atomic mass is 9.94. The number of ether oxygens (including phenoxy) is 1. The molecule has 1 saturated heterocycles. The molecule has 1 aliphatic rings. The summed E-state index contributed by atoms with van der Waals surface area (Å²) in [6.45, 7) is 12.6. The van der Waals surface area contributed by atoms with Crippen LogP contribution in [0, 0.1) is 0 Å². The summed E-state index contributed by atoms with van der Waals surface area (Å²) in [4.78, 5) is 0. The van der Waals surface area contributed by atoms with E-state index in [-0.39, 0.29) is 11.2 Å². The Morgan fingerprint density at radius 1 is 1.33 bits per heavy atom. The number of rotatable bonds is 3. The largest absolute Gasteiger partial charge is 0.389 e. The van der Waals surface area contributed by atoms with Crippen LogP contribution in [0.3, 0.4) is 0 Å². The van der Waals surface area contributed by atoms with Crippen LogP contribution >= 0.6 is 0 Å². The van der Waals surface area contributed by atoms with Gasteiger partial charge >= 0.3 is 0 Å². The number of hydrogen-bond acceptors (Lipinski definition) is 3. The topological polar surface area (TPSA) is 41.5 Å². The van der Waals surface area contributed by atoms with Crippen LogP contribution in [0.5, 0.6) is 0 Å². The van der Waals surface area contributed by atoms with Crippen molar-refractivity contribution in [1.29, 1.82) is 0 Å². The molecule has 0 unspecified atom stereocenters. The molecule has 15 heavy (non-hydrogen) atoms. The molecule has 0 aromatic heterocycles. The third-order valence-electron chi connectivity index (χ3n) is 2.86. The standard InChI is InChI=1S/C12H25NO2/c1-10(2,14)8-13-9-7-11(3,4)15-12(9,5)6/h9,13-14H,7-8H2,1-6H3/t9-/m1/s1. The van der Waals surface area contributed by atoms with E-state index in [9.17, 15) is 5.11 Å². The Hall–Kier alpha value is -0.120. The first-order valence-corrected chi connectivity index (χ1v) is 5.68. The Bertz CT molecular complexity index is 228. The van der Waals surface area contributed by atoms with Gasteiger partial charge in [-0.3, -0.25) is 0 Å². The van der Waals surface area contributed by atoms with Crippen molar-refractivity contribution in [2.45, 2.75) is 70.8 Å². The van der Waals surface area contributed by atoms with E-state index in [1.54, 1.807) is 0 Å². The first kappa shape index (κ1) is 12.9. The molecule has 1 aliphatic heterocycles.